The highest BCUT2D eigenvalue weighted by molar-refractivity contribution is 5.30. The van der Waals surface area contributed by atoms with Gasteiger partial charge in [0.05, 0.1) is 0 Å². The molecule has 0 bridgehead atoms. The van der Waals surface area contributed by atoms with Gasteiger partial charge in [-0.15, -0.1) is 0 Å². The van der Waals surface area contributed by atoms with E-state index in [0.29, 0.717) is 5.92 Å². The fourth-order valence-corrected chi connectivity index (χ4v) is 3.56. The van der Waals surface area contributed by atoms with Crippen molar-refractivity contribution in [3.05, 3.63) is 53.1 Å². The van der Waals surface area contributed by atoms with Gasteiger partial charge in [-0.3, -0.25) is 4.90 Å². The van der Waals surface area contributed by atoms with Crippen LogP contribution in [0.25, 0.3) is 0 Å². The molecule has 0 spiro atoms. The van der Waals surface area contributed by atoms with Gasteiger partial charge in [-0.25, -0.2) is 4.98 Å². The van der Waals surface area contributed by atoms with Crippen LogP contribution in [0.1, 0.15) is 41.5 Å². The number of piperidine rings is 1. The fraction of sp³-hybridized carbons (Fsp3) is 0.526. The third kappa shape index (κ3) is 3.65. The highest BCUT2D eigenvalue weighted by atomic mass is 16.3. The first-order valence-electron chi connectivity index (χ1n) is 8.48. The zero-order valence-electron chi connectivity index (χ0n) is 14.4. The van der Waals surface area contributed by atoms with Crippen molar-refractivity contribution in [1.82, 2.24) is 14.5 Å². The zero-order valence-corrected chi connectivity index (χ0v) is 14.4. The second-order valence-corrected chi connectivity index (χ2v) is 6.88. The molecular weight excluding hydrogens is 286 g/mol. The molecule has 3 rings (SSSR count). The molecule has 1 aliphatic rings. The van der Waals surface area contributed by atoms with Crippen molar-refractivity contribution >= 4 is 0 Å². The maximum absolute atomic E-state index is 10.6. The Bertz CT molecular complexity index is 656. The number of benzene rings is 1. The molecule has 1 N–H and O–H groups in total. The quantitative estimate of drug-likeness (QED) is 0.943. The van der Waals surface area contributed by atoms with E-state index in [4.69, 9.17) is 0 Å². The molecule has 4 nitrogen and oxygen atoms in total. The Kier molecular flexibility index (Phi) is 4.83. The zero-order chi connectivity index (χ0) is 16.4. The van der Waals surface area contributed by atoms with Crippen molar-refractivity contribution < 1.29 is 5.11 Å². The van der Waals surface area contributed by atoms with Crippen LogP contribution in [0.4, 0.5) is 0 Å². The number of aliphatic hydroxyl groups excluding tert-OH is 1. The third-order valence-electron chi connectivity index (χ3n) is 5.09. The predicted molar refractivity (Wildman–Crippen MR) is 92.1 cm³/mol. The summed E-state index contributed by atoms with van der Waals surface area (Å²) >= 11 is 0. The van der Waals surface area contributed by atoms with Crippen LogP contribution >= 0.6 is 0 Å². The average molecular weight is 313 g/mol. The number of imidazole rings is 1. The van der Waals surface area contributed by atoms with E-state index in [0.717, 1.165) is 38.3 Å². The number of hydrogen-bond donors (Lipinski definition) is 1. The van der Waals surface area contributed by atoms with Crippen LogP contribution < -0.4 is 0 Å². The Hall–Kier alpha value is -1.65. The van der Waals surface area contributed by atoms with Gasteiger partial charge < -0.3 is 9.67 Å². The van der Waals surface area contributed by atoms with Crippen molar-refractivity contribution in [2.24, 2.45) is 13.0 Å². The molecule has 1 aromatic heterocycles. The van der Waals surface area contributed by atoms with Crippen LogP contribution in [0.5, 0.6) is 0 Å². The van der Waals surface area contributed by atoms with Gasteiger partial charge in [0.25, 0.3) is 0 Å². The van der Waals surface area contributed by atoms with Crippen LogP contribution in [-0.2, 0) is 13.6 Å². The van der Waals surface area contributed by atoms with E-state index in [2.05, 4.69) is 41.9 Å². The fourth-order valence-electron chi connectivity index (χ4n) is 3.56. The Balaban J connectivity index is 1.57. The van der Waals surface area contributed by atoms with Crippen molar-refractivity contribution in [1.29, 1.82) is 0 Å². The lowest BCUT2D eigenvalue weighted by Crippen LogP contribution is -2.35. The molecule has 1 saturated heterocycles. The van der Waals surface area contributed by atoms with Crippen molar-refractivity contribution in [2.45, 2.75) is 39.3 Å². The van der Waals surface area contributed by atoms with E-state index in [1.165, 1.54) is 16.7 Å². The summed E-state index contributed by atoms with van der Waals surface area (Å²) in [6.07, 6.45) is 5.26. The van der Waals surface area contributed by atoms with E-state index in [9.17, 15) is 5.11 Å². The minimum absolute atomic E-state index is 0.312. The van der Waals surface area contributed by atoms with Gasteiger partial charge >= 0.3 is 0 Å². The summed E-state index contributed by atoms with van der Waals surface area (Å²) in [6.45, 7) is 7.43. The van der Waals surface area contributed by atoms with E-state index >= 15 is 0 Å². The number of rotatable bonds is 4. The lowest BCUT2D eigenvalue weighted by Gasteiger charge is -2.34. The topological polar surface area (TPSA) is 41.3 Å². The van der Waals surface area contributed by atoms with Gasteiger partial charge in [-0.2, -0.15) is 0 Å². The highest BCUT2D eigenvalue weighted by Gasteiger charge is 2.28. The molecule has 2 aromatic rings. The first kappa shape index (κ1) is 16.2. The van der Waals surface area contributed by atoms with Gasteiger partial charge in [0.1, 0.15) is 11.9 Å². The van der Waals surface area contributed by atoms with Crippen molar-refractivity contribution in [2.75, 3.05) is 13.1 Å². The Morgan fingerprint density at radius 1 is 1.26 bits per heavy atom. The monoisotopic (exact) mass is 313 g/mol. The first-order chi connectivity index (χ1) is 11.0. The van der Waals surface area contributed by atoms with E-state index in [-0.39, 0.29) is 0 Å². The Morgan fingerprint density at radius 3 is 2.61 bits per heavy atom. The molecule has 0 radical (unpaired) electrons. The summed E-state index contributed by atoms with van der Waals surface area (Å²) < 4.78 is 1.92. The minimum atomic E-state index is -0.446. The van der Waals surface area contributed by atoms with Crippen LogP contribution in [0, 0.1) is 19.8 Å². The normalized spacial score (nSPS) is 18.3. The standard InChI is InChI=1S/C19H27N3O/c1-14-4-5-17(15(2)12-14)13-22-9-6-16(7-10-22)18(23)19-20-8-11-21(19)3/h4-5,8,11-12,16,18,23H,6-7,9-10,13H2,1-3H3. The number of likely N-dealkylation sites (tertiary alicyclic amines) is 1. The molecule has 1 unspecified atom stereocenters. The first-order valence-corrected chi connectivity index (χ1v) is 8.48. The summed E-state index contributed by atoms with van der Waals surface area (Å²) in [5, 5.41) is 10.6. The summed E-state index contributed by atoms with van der Waals surface area (Å²) in [5.41, 5.74) is 4.11. The minimum Gasteiger partial charge on any atom is -0.385 e. The lowest BCUT2D eigenvalue weighted by molar-refractivity contribution is 0.0492. The summed E-state index contributed by atoms with van der Waals surface area (Å²) in [4.78, 5) is 6.80. The number of aromatic nitrogens is 2. The molecule has 1 aliphatic heterocycles. The molecule has 1 aromatic carbocycles. The second-order valence-electron chi connectivity index (χ2n) is 6.88. The van der Waals surface area contributed by atoms with Gasteiger partial charge in [-0.05, 0) is 56.8 Å². The molecule has 0 aliphatic carbocycles. The van der Waals surface area contributed by atoms with Crippen LogP contribution in [0.2, 0.25) is 0 Å². The smallest absolute Gasteiger partial charge is 0.137 e. The molecule has 2 heterocycles. The molecule has 23 heavy (non-hydrogen) atoms. The number of aryl methyl sites for hydroxylation is 3. The number of aliphatic hydroxyl groups is 1. The van der Waals surface area contributed by atoms with Crippen molar-refractivity contribution in [3.8, 4) is 0 Å². The molecule has 0 amide bonds. The summed E-state index contributed by atoms with van der Waals surface area (Å²) in [6, 6.07) is 6.70. The SMILES string of the molecule is Cc1ccc(CN2CCC(C(O)c3nccn3C)CC2)c(C)c1. The third-order valence-corrected chi connectivity index (χ3v) is 5.09. The van der Waals surface area contributed by atoms with E-state index in [1.807, 2.05) is 17.8 Å². The molecule has 1 atom stereocenters. The van der Waals surface area contributed by atoms with E-state index < -0.39 is 6.10 Å². The van der Waals surface area contributed by atoms with Gasteiger partial charge in [0, 0.05) is 26.0 Å². The largest absolute Gasteiger partial charge is 0.385 e. The van der Waals surface area contributed by atoms with Crippen LogP contribution in [0.15, 0.2) is 30.6 Å². The maximum Gasteiger partial charge on any atom is 0.137 e. The van der Waals surface area contributed by atoms with Gasteiger partial charge in [0.2, 0.25) is 0 Å². The van der Waals surface area contributed by atoms with Crippen LogP contribution in [-0.4, -0.2) is 32.6 Å². The van der Waals surface area contributed by atoms with Crippen LogP contribution in [0.3, 0.4) is 0 Å². The summed E-state index contributed by atoms with van der Waals surface area (Å²) in [7, 11) is 1.95. The second kappa shape index (κ2) is 6.85. The Morgan fingerprint density at radius 2 is 2.00 bits per heavy atom. The molecular formula is C19H27N3O. The number of nitrogens with zero attached hydrogens (tertiary/aromatic N) is 3. The summed E-state index contributed by atoms with van der Waals surface area (Å²) in [5.74, 6) is 1.10. The van der Waals surface area contributed by atoms with Gasteiger partial charge in [0.15, 0.2) is 0 Å². The Labute approximate surface area is 138 Å². The molecule has 124 valence electrons. The van der Waals surface area contributed by atoms with Crippen molar-refractivity contribution in [3.63, 3.8) is 0 Å². The highest BCUT2D eigenvalue weighted by Crippen LogP contribution is 2.30. The molecule has 4 heteroatoms. The van der Waals surface area contributed by atoms with Gasteiger partial charge in [-0.1, -0.05) is 23.8 Å². The van der Waals surface area contributed by atoms with E-state index in [1.54, 1.807) is 6.20 Å². The molecule has 1 fully saturated rings. The lowest BCUT2D eigenvalue weighted by atomic mass is 9.90. The predicted octanol–water partition coefficient (Wildman–Crippen LogP) is 2.98. The average Bonchev–Trinajstić information content (AvgIpc) is 2.96. The maximum atomic E-state index is 10.6. The number of hydrogen-bond acceptors (Lipinski definition) is 3. The molecule has 0 saturated carbocycles.